The molecule has 1 heterocycles. The van der Waals surface area contributed by atoms with E-state index in [0.29, 0.717) is 18.6 Å². The normalized spacial score (nSPS) is 39.2. The van der Waals surface area contributed by atoms with Crippen molar-refractivity contribution < 1.29 is 4.74 Å². The van der Waals surface area contributed by atoms with Crippen LogP contribution in [0.15, 0.2) is 11.8 Å². The lowest BCUT2D eigenvalue weighted by Gasteiger charge is -2.11. The van der Waals surface area contributed by atoms with Gasteiger partial charge in [-0.3, -0.25) is 11.3 Å². The molecule has 1 aliphatic carbocycles. The summed E-state index contributed by atoms with van der Waals surface area (Å²) in [5.41, 5.74) is 2.62. The Bertz CT molecular complexity index is 203. The highest BCUT2D eigenvalue weighted by molar-refractivity contribution is 5.11. The fraction of sp³-hybridized carbons (Fsp3) is 0.778. The maximum absolute atomic E-state index is 5.71. The average Bonchev–Trinajstić information content (AvgIpc) is 2.55. The van der Waals surface area contributed by atoms with E-state index in [-0.39, 0.29) is 0 Å². The molecule has 68 valence electrons. The predicted octanol–water partition coefficient (Wildman–Crippen LogP) is 0.779. The molecule has 12 heavy (non-hydrogen) atoms. The number of hydrogen-bond acceptors (Lipinski definition) is 3. The second-order valence-corrected chi connectivity index (χ2v) is 3.80. The van der Waals surface area contributed by atoms with Gasteiger partial charge in [0, 0.05) is 5.92 Å². The number of ether oxygens (including phenoxy) is 1. The van der Waals surface area contributed by atoms with Crippen molar-refractivity contribution in [3.05, 3.63) is 11.8 Å². The monoisotopic (exact) mass is 168 g/mol. The van der Waals surface area contributed by atoms with Crippen LogP contribution in [0.3, 0.4) is 0 Å². The van der Waals surface area contributed by atoms with Crippen molar-refractivity contribution >= 4 is 0 Å². The molecule has 3 N–H and O–H groups in total. The molecule has 0 bridgehead atoms. The van der Waals surface area contributed by atoms with E-state index in [1.54, 1.807) is 0 Å². The molecule has 0 amide bonds. The molecule has 0 spiro atoms. The molecule has 3 nitrogen and oxygen atoms in total. The van der Waals surface area contributed by atoms with Crippen molar-refractivity contribution in [3.8, 4) is 0 Å². The van der Waals surface area contributed by atoms with Gasteiger partial charge in [-0.25, -0.2) is 0 Å². The third kappa shape index (κ3) is 1.23. The van der Waals surface area contributed by atoms with Gasteiger partial charge in [0.25, 0.3) is 0 Å². The third-order valence-corrected chi connectivity index (χ3v) is 2.95. The van der Waals surface area contributed by atoms with Gasteiger partial charge in [0.15, 0.2) is 0 Å². The van der Waals surface area contributed by atoms with Gasteiger partial charge in [-0.05, 0) is 24.8 Å². The summed E-state index contributed by atoms with van der Waals surface area (Å²) in [5, 5.41) is 0. The van der Waals surface area contributed by atoms with E-state index in [2.05, 4.69) is 18.4 Å². The molecule has 0 radical (unpaired) electrons. The maximum atomic E-state index is 5.71. The van der Waals surface area contributed by atoms with Gasteiger partial charge < -0.3 is 4.74 Å². The van der Waals surface area contributed by atoms with E-state index in [0.717, 1.165) is 11.7 Å². The zero-order chi connectivity index (χ0) is 8.55. The van der Waals surface area contributed by atoms with Crippen molar-refractivity contribution in [2.24, 2.45) is 17.7 Å². The first-order valence-electron chi connectivity index (χ1n) is 4.62. The largest absolute Gasteiger partial charge is 0.493 e. The summed E-state index contributed by atoms with van der Waals surface area (Å²) < 4.78 is 5.71. The van der Waals surface area contributed by atoms with Gasteiger partial charge in [-0.2, -0.15) is 0 Å². The predicted molar refractivity (Wildman–Crippen MR) is 47.0 cm³/mol. The highest BCUT2D eigenvalue weighted by Crippen LogP contribution is 2.40. The van der Waals surface area contributed by atoms with E-state index in [1.165, 1.54) is 12.8 Å². The average molecular weight is 168 g/mol. The number of hydrogen-bond donors (Lipinski definition) is 2. The van der Waals surface area contributed by atoms with Crippen LogP contribution >= 0.6 is 0 Å². The lowest BCUT2D eigenvalue weighted by molar-refractivity contribution is 0.120. The lowest BCUT2D eigenvalue weighted by Crippen LogP contribution is -2.25. The summed E-state index contributed by atoms with van der Waals surface area (Å²) in [6.07, 6.45) is 5.19. The smallest absolute Gasteiger partial charge is 0.108 e. The van der Waals surface area contributed by atoms with Crippen LogP contribution in [0, 0.1) is 11.8 Å². The topological polar surface area (TPSA) is 47.3 Å². The molecular formula is C9H16N2O. The molecule has 2 unspecified atom stereocenters. The zero-order valence-corrected chi connectivity index (χ0v) is 7.42. The number of nitrogens with one attached hydrogen (secondary N) is 1. The van der Waals surface area contributed by atoms with Crippen LogP contribution in [-0.4, -0.2) is 12.6 Å². The van der Waals surface area contributed by atoms with Crippen molar-refractivity contribution in [1.29, 1.82) is 0 Å². The van der Waals surface area contributed by atoms with E-state index in [4.69, 9.17) is 10.6 Å². The van der Waals surface area contributed by atoms with Crippen molar-refractivity contribution in [3.63, 3.8) is 0 Å². The first-order valence-corrected chi connectivity index (χ1v) is 4.62. The van der Waals surface area contributed by atoms with E-state index in [1.807, 2.05) is 0 Å². The Morgan fingerprint density at radius 1 is 1.67 bits per heavy atom. The SMILES string of the molecule is C[C@H]1CCC2OC(CNN)=CC21. The highest BCUT2D eigenvalue weighted by Gasteiger charge is 2.37. The summed E-state index contributed by atoms with van der Waals surface area (Å²) >= 11 is 0. The van der Waals surface area contributed by atoms with E-state index < -0.39 is 0 Å². The minimum atomic E-state index is 0.448. The molecule has 1 aliphatic heterocycles. The Hall–Kier alpha value is -0.540. The highest BCUT2D eigenvalue weighted by atomic mass is 16.5. The molecule has 0 saturated heterocycles. The Balaban J connectivity index is 2.01. The van der Waals surface area contributed by atoms with Gasteiger partial charge in [-0.15, -0.1) is 0 Å². The summed E-state index contributed by atoms with van der Waals surface area (Å²) in [4.78, 5) is 0. The minimum Gasteiger partial charge on any atom is -0.493 e. The number of nitrogens with two attached hydrogens (primary N) is 1. The first-order chi connectivity index (χ1) is 5.81. The zero-order valence-electron chi connectivity index (χ0n) is 7.42. The molecule has 0 aromatic carbocycles. The Morgan fingerprint density at radius 2 is 2.50 bits per heavy atom. The number of fused-ring (bicyclic) bond motifs is 1. The molecule has 1 saturated carbocycles. The minimum absolute atomic E-state index is 0.448. The summed E-state index contributed by atoms with van der Waals surface area (Å²) in [7, 11) is 0. The molecule has 2 aliphatic rings. The fourth-order valence-electron chi connectivity index (χ4n) is 2.24. The van der Waals surface area contributed by atoms with Crippen LogP contribution in [0.2, 0.25) is 0 Å². The Morgan fingerprint density at radius 3 is 3.17 bits per heavy atom. The molecule has 0 aromatic rings. The van der Waals surface area contributed by atoms with Crippen LogP contribution in [-0.2, 0) is 4.74 Å². The lowest BCUT2D eigenvalue weighted by atomic mass is 9.97. The standard InChI is InChI=1S/C9H16N2O/c1-6-2-3-9-8(6)4-7(12-9)5-11-10/h4,6,8-9,11H,2-3,5,10H2,1H3/t6-,8?,9?/m0/s1. The molecule has 3 heteroatoms. The molecule has 0 aromatic heterocycles. The van der Waals surface area contributed by atoms with Crippen molar-refractivity contribution in [2.45, 2.75) is 25.9 Å². The van der Waals surface area contributed by atoms with Crippen LogP contribution < -0.4 is 11.3 Å². The molecule has 2 rings (SSSR count). The van der Waals surface area contributed by atoms with Crippen LogP contribution in [0.5, 0.6) is 0 Å². The number of rotatable bonds is 2. The van der Waals surface area contributed by atoms with Crippen molar-refractivity contribution in [1.82, 2.24) is 5.43 Å². The van der Waals surface area contributed by atoms with Crippen LogP contribution in [0.4, 0.5) is 0 Å². The quantitative estimate of drug-likeness (QED) is 0.473. The summed E-state index contributed by atoms with van der Waals surface area (Å²) in [5.74, 6) is 7.68. The van der Waals surface area contributed by atoms with Crippen LogP contribution in [0.25, 0.3) is 0 Å². The Labute approximate surface area is 72.9 Å². The molecule has 3 atom stereocenters. The third-order valence-electron chi connectivity index (χ3n) is 2.95. The number of hydrazine groups is 1. The second-order valence-electron chi connectivity index (χ2n) is 3.80. The van der Waals surface area contributed by atoms with Gasteiger partial charge in [0.05, 0.1) is 6.54 Å². The fourth-order valence-corrected chi connectivity index (χ4v) is 2.24. The van der Waals surface area contributed by atoms with Crippen LogP contribution in [0.1, 0.15) is 19.8 Å². The van der Waals surface area contributed by atoms with Gasteiger partial charge in [0.1, 0.15) is 11.9 Å². The van der Waals surface area contributed by atoms with E-state index >= 15 is 0 Å². The maximum Gasteiger partial charge on any atom is 0.108 e. The second kappa shape index (κ2) is 3.07. The van der Waals surface area contributed by atoms with Gasteiger partial charge in [-0.1, -0.05) is 6.92 Å². The molecule has 1 fully saturated rings. The first kappa shape index (κ1) is 8.08. The summed E-state index contributed by atoms with van der Waals surface area (Å²) in [6.45, 7) is 2.96. The molecular weight excluding hydrogens is 152 g/mol. The van der Waals surface area contributed by atoms with Gasteiger partial charge in [0.2, 0.25) is 0 Å². The van der Waals surface area contributed by atoms with E-state index in [9.17, 15) is 0 Å². The Kier molecular flexibility index (Phi) is 2.07. The summed E-state index contributed by atoms with van der Waals surface area (Å²) in [6, 6.07) is 0. The van der Waals surface area contributed by atoms with Gasteiger partial charge >= 0.3 is 0 Å². The van der Waals surface area contributed by atoms with Crippen molar-refractivity contribution in [2.75, 3.05) is 6.54 Å².